The highest BCUT2D eigenvalue weighted by molar-refractivity contribution is 5.02. The SMILES string of the molecule is N#CC=CCC1COC1. The second-order valence-electron chi connectivity index (χ2n) is 2.17. The fraction of sp³-hybridized carbons (Fsp3) is 0.571. The number of hydrogen-bond acceptors (Lipinski definition) is 2. The Hall–Kier alpha value is -0.810. The van der Waals surface area contributed by atoms with Crippen LogP contribution in [0.4, 0.5) is 0 Å². The van der Waals surface area contributed by atoms with Gasteiger partial charge in [0, 0.05) is 12.0 Å². The van der Waals surface area contributed by atoms with E-state index in [1.165, 1.54) is 6.08 Å². The van der Waals surface area contributed by atoms with E-state index >= 15 is 0 Å². The molecule has 0 spiro atoms. The van der Waals surface area contributed by atoms with Gasteiger partial charge in [0.05, 0.1) is 19.3 Å². The molecule has 1 heterocycles. The summed E-state index contributed by atoms with van der Waals surface area (Å²) < 4.78 is 4.95. The van der Waals surface area contributed by atoms with Crippen molar-refractivity contribution in [1.82, 2.24) is 0 Å². The van der Waals surface area contributed by atoms with Crippen LogP contribution in [0.3, 0.4) is 0 Å². The molecule has 0 aromatic rings. The van der Waals surface area contributed by atoms with Crippen LogP contribution in [0.25, 0.3) is 0 Å². The normalized spacial score (nSPS) is 19.4. The maximum Gasteiger partial charge on any atom is 0.0908 e. The van der Waals surface area contributed by atoms with Gasteiger partial charge in [-0.15, -0.1) is 0 Å². The highest BCUT2D eigenvalue weighted by atomic mass is 16.5. The lowest BCUT2D eigenvalue weighted by Gasteiger charge is -2.24. The van der Waals surface area contributed by atoms with Crippen molar-refractivity contribution >= 4 is 0 Å². The Kier molecular flexibility index (Phi) is 2.29. The first kappa shape index (κ1) is 6.31. The summed E-state index contributed by atoms with van der Waals surface area (Å²) in [4.78, 5) is 0. The molecule has 1 fully saturated rings. The molecule has 2 nitrogen and oxygen atoms in total. The predicted octanol–water partition coefficient (Wildman–Crippen LogP) is 1.10. The zero-order chi connectivity index (χ0) is 6.53. The van der Waals surface area contributed by atoms with Gasteiger partial charge in [0.25, 0.3) is 0 Å². The number of nitriles is 1. The van der Waals surface area contributed by atoms with E-state index in [0.29, 0.717) is 5.92 Å². The van der Waals surface area contributed by atoms with Crippen LogP contribution in [0.1, 0.15) is 6.42 Å². The van der Waals surface area contributed by atoms with Crippen LogP contribution >= 0.6 is 0 Å². The molecule has 1 aliphatic heterocycles. The lowest BCUT2D eigenvalue weighted by molar-refractivity contribution is -0.0299. The monoisotopic (exact) mass is 123 g/mol. The number of rotatable bonds is 2. The van der Waals surface area contributed by atoms with Crippen molar-refractivity contribution in [3.05, 3.63) is 12.2 Å². The van der Waals surface area contributed by atoms with Crippen molar-refractivity contribution in [3.63, 3.8) is 0 Å². The topological polar surface area (TPSA) is 33.0 Å². The molecule has 0 unspecified atom stereocenters. The standard InChI is InChI=1S/C7H9NO/c8-4-2-1-3-7-5-9-6-7/h1-2,7H,3,5-6H2. The van der Waals surface area contributed by atoms with Gasteiger partial charge in [-0.05, 0) is 6.42 Å². The number of hydrogen-bond donors (Lipinski definition) is 0. The van der Waals surface area contributed by atoms with Gasteiger partial charge >= 0.3 is 0 Å². The molecular weight excluding hydrogens is 114 g/mol. The molecule has 1 rings (SSSR count). The number of ether oxygens (including phenoxy) is 1. The van der Waals surface area contributed by atoms with Crippen LogP contribution in [-0.2, 0) is 4.74 Å². The molecule has 0 aromatic heterocycles. The van der Waals surface area contributed by atoms with Gasteiger partial charge in [0.15, 0.2) is 0 Å². The number of allylic oxidation sites excluding steroid dienone is 2. The van der Waals surface area contributed by atoms with E-state index < -0.39 is 0 Å². The molecule has 1 saturated heterocycles. The summed E-state index contributed by atoms with van der Waals surface area (Å²) >= 11 is 0. The van der Waals surface area contributed by atoms with Gasteiger partial charge in [-0.3, -0.25) is 0 Å². The molecule has 0 atom stereocenters. The van der Waals surface area contributed by atoms with Gasteiger partial charge in [-0.2, -0.15) is 5.26 Å². The maximum absolute atomic E-state index is 8.10. The minimum absolute atomic E-state index is 0.676. The van der Waals surface area contributed by atoms with Crippen molar-refractivity contribution in [2.75, 3.05) is 13.2 Å². The average Bonchev–Trinajstić information content (AvgIpc) is 1.76. The lowest BCUT2D eigenvalue weighted by atomic mass is 10.0. The minimum Gasteiger partial charge on any atom is -0.381 e. The van der Waals surface area contributed by atoms with E-state index in [0.717, 1.165) is 19.6 Å². The van der Waals surface area contributed by atoms with E-state index in [4.69, 9.17) is 10.00 Å². The van der Waals surface area contributed by atoms with Crippen molar-refractivity contribution < 1.29 is 4.74 Å². The Morgan fingerprint density at radius 3 is 2.89 bits per heavy atom. The molecule has 0 N–H and O–H groups in total. The first-order valence-electron chi connectivity index (χ1n) is 3.06. The Morgan fingerprint density at radius 2 is 2.44 bits per heavy atom. The Bertz CT molecular complexity index is 141. The Balaban J connectivity index is 2.05. The van der Waals surface area contributed by atoms with E-state index in [1.54, 1.807) is 0 Å². The zero-order valence-corrected chi connectivity index (χ0v) is 5.21. The van der Waals surface area contributed by atoms with E-state index in [2.05, 4.69) is 0 Å². The second-order valence-corrected chi connectivity index (χ2v) is 2.17. The molecule has 0 amide bonds. The summed E-state index contributed by atoms with van der Waals surface area (Å²) in [6.07, 6.45) is 4.42. The fourth-order valence-corrected chi connectivity index (χ4v) is 0.734. The van der Waals surface area contributed by atoms with E-state index in [1.807, 2.05) is 12.1 Å². The van der Waals surface area contributed by atoms with Gasteiger partial charge in [-0.25, -0.2) is 0 Å². The molecule has 0 saturated carbocycles. The molecule has 0 radical (unpaired) electrons. The summed E-state index contributed by atoms with van der Waals surface area (Å²) in [6.45, 7) is 1.74. The maximum atomic E-state index is 8.10. The predicted molar refractivity (Wildman–Crippen MR) is 33.7 cm³/mol. The summed E-state index contributed by atoms with van der Waals surface area (Å²) in [6, 6.07) is 1.95. The van der Waals surface area contributed by atoms with Crippen molar-refractivity contribution in [3.8, 4) is 6.07 Å². The van der Waals surface area contributed by atoms with Gasteiger partial charge in [-0.1, -0.05) is 6.08 Å². The third-order valence-electron chi connectivity index (χ3n) is 1.37. The van der Waals surface area contributed by atoms with Crippen LogP contribution in [0.15, 0.2) is 12.2 Å². The highest BCUT2D eigenvalue weighted by Gasteiger charge is 2.15. The molecule has 0 bridgehead atoms. The Morgan fingerprint density at radius 1 is 1.67 bits per heavy atom. The quantitative estimate of drug-likeness (QED) is 0.515. The molecule has 48 valence electrons. The van der Waals surface area contributed by atoms with Crippen molar-refractivity contribution in [1.29, 1.82) is 5.26 Å². The fourth-order valence-electron chi connectivity index (χ4n) is 0.734. The highest BCUT2D eigenvalue weighted by Crippen LogP contribution is 2.13. The third-order valence-corrected chi connectivity index (χ3v) is 1.37. The molecule has 0 aromatic carbocycles. The minimum atomic E-state index is 0.676. The second kappa shape index (κ2) is 3.26. The van der Waals surface area contributed by atoms with Crippen molar-refractivity contribution in [2.24, 2.45) is 5.92 Å². The summed E-state index contributed by atoms with van der Waals surface area (Å²) in [5.74, 6) is 0.676. The van der Waals surface area contributed by atoms with Gasteiger partial charge < -0.3 is 4.74 Å². The lowest BCUT2D eigenvalue weighted by Crippen LogP contribution is -2.26. The van der Waals surface area contributed by atoms with Crippen LogP contribution in [0.5, 0.6) is 0 Å². The smallest absolute Gasteiger partial charge is 0.0908 e. The molecule has 0 aliphatic carbocycles. The first-order valence-corrected chi connectivity index (χ1v) is 3.06. The third kappa shape index (κ3) is 1.87. The van der Waals surface area contributed by atoms with Crippen LogP contribution in [-0.4, -0.2) is 13.2 Å². The first-order chi connectivity index (χ1) is 4.43. The van der Waals surface area contributed by atoms with Crippen molar-refractivity contribution in [2.45, 2.75) is 6.42 Å². The van der Waals surface area contributed by atoms with E-state index in [-0.39, 0.29) is 0 Å². The largest absolute Gasteiger partial charge is 0.381 e. The van der Waals surface area contributed by atoms with Crippen LogP contribution in [0, 0.1) is 17.2 Å². The summed E-state index contributed by atoms with van der Waals surface area (Å²) in [5.41, 5.74) is 0. The summed E-state index contributed by atoms with van der Waals surface area (Å²) in [5, 5.41) is 8.10. The molecular formula is C7H9NO. The molecule has 9 heavy (non-hydrogen) atoms. The number of nitrogens with zero attached hydrogens (tertiary/aromatic N) is 1. The van der Waals surface area contributed by atoms with E-state index in [9.17, 15) is 0 Å². The molecule has 1 aliphatic rings. The van der Waals surface area contributed by atoms with Crippen LogP contribution < -0.4 is 0 Å². The zero-order valence-electron chi connectivity index (χ0n) is 5.21. The Labute approximate surface area is 54.7 Å². The van der Waals surface area contributed by atoms with Gasteiger partial charge in [0.2, 0.25) is 0 Å². The van der Waals surface area contributed by atoms with Gasteiger partial charge in [0.1, 0.15) is 0 Å². The van der Waals surface area contributed by atoms with Crippen LogP contribution in [0.2, 0.25) is 0 Å². The summed E-state index contributed by atoms with van der Waals surface area (Å²) in [7, 11) is 0. The average molecular weight is 123 g/mol. The molecule has 2 heteroatoms.